The molecular weight excluding hydrogens is 450 g/mol. The third-order valence-corrected chi connectivity index (χ3v) is 10.1. The summed E-state index contributed by atoms with van der Waals surface area (Å²) in [4.78, 5) is 25.6. The van der Waals surface area contributed by atoms with Crippen molar-refractivity contribution >= 4 is 33.4 Å². The molecule has 1 heterocycles. The van der Waals surface area contributed by atoms with Crippen molar-refractivity contribution in [3.8, 4) is 0 Å². The Morgan fingerprint density at radius 2 is 1.59 bits per heavy atom. The second kappa shape index (κ2) is 8.29. The third kappa shape index (κ3) is 4.17. The first-order valence-electron chi connectivity index (χ1n) is 11.6. The number of rotatable bonds is 5. The summed E-state index contributed by atoms with van der Waals surface area (Å²) in [5.74, 6) is 1.61. The molecule has 1 aromatic rings. The molecular formula is C23H30ClN3O4S. The zero-order valence-electron chi connectivity index (χ0n) is 18.1. The smallest absolute Gasteiger partial charge is 0.256 e. The van der Waals surface area contributed by atoms with E-state index in [-0.39, 0.29) is 22.8 Å². The van der Waals surface area contributed by atoms with Crippen molar-refractivity contribution in [2.45, 2.75) is 68.7 Å². The van der Waals surface area contributed by atoms with Crippen LogP contribution in [0.2, 0.25) is 5.02 Å². The molecule has 4 saturated carbocycles. The van der Waals surface area contributed by atoms with E-state index < -0.39 is 22.0 Å². The molecule has 1 aliphatic heterocycles. The van der Waals surface area contributed by atoms with E-state index in [1.165, 1.54) is 47.8 Å². The number of halogens is 1. The second-order valence-corrected chi connectivity index (χ2v) is 12.7. The lowest BCUT2D eigenvalue weighted by molar-refractivity contribution is -0.135. The van der Waals surface area contributed by atoms with E-state index >= 15 is 0 Å². The maximum atomic E-state index is 13.0. The molecule has 1 atom stereocenters. The number of hydrogen-bond donors (Lipinski definition) is 2. The number of carbonyl (C=O) groups excluding carboxylic acids is 2. The van der Waals surface area contributed by atoms with Crippen LogP contribution in [0.4, 0.5) is 0 Å². The van der Waals surface area contributed by atoms with E-state index in [1.807, 2.05) is 0 Å². The molecule has 4 bridgehead atoms. The van der Waals surface area contributed by atoms with E-state index in [0.29, 0.717) is 24.3 Å². The number of carbonyl (C=O) groups is 2. The number of hydrogen-bond acceptors (Lipinski definition) is 4. The van der Waals surface area contributed by atoms with Crippen molar-refractivity contribution in [3.63, 3.8) is 0 Å². The molecule has 9 heteroatoms. The molecule has 5 aliphatic rings. The van der Waals surface area contributed by atoms with Gasteiger partial charge in [0, 0.05) is 18.0 Å². The Bertz CT molecular complexity index is 975. The van der Waals surface area contributed by atoms with Gasteiger partial charge in [0.2, 0.25) is 15.9 Å². The highest BCUT2D eigenvalue weighted by Crippen LogP contribution is 2.61. The molecule has 5 fully saturated rings. The number of sulfonamides is 1. The Labute approximate surface area is 194 Å². The van der Waals surface area contributed by atoms with Gasteiger partial charge in [-0.15, -0.1) is 0 Å². The molecule has 0 unspecified atom stereocenters. The molecule has 32 heavy (non-hydrogen) atoms. The van der Waals surface area contributed by atoms with Gasteiger partial charge in [-0.2, -0.15) is 4.31 Å². The van der Waals surface area contributed by atoms with Gasteiger partial charge >= 0.3 is 0 Å². The SMILES string of the molecule is O=C(CC12CC3CC(CC(C3)C1)C2)NNC(=O)[C@@H]1CCCN1S(=O)(=O)c1ccc(Cl)cc1. The van der Waals surface area contributed by atoms with Gasteiger partial charge in [0.15, 0.2) is 0 Å². The topological polar surface area (TPSA) is 95.6 Å². The predicted molar refractivity (Wildman–Crippen MR) is 120 cm³/mol. The number of benzene rings is 1. The zero-order valence-corrected chi connectivity index (χ0v) is 19.6. The predicted octanol–water partition coefficient (Wildman–Crippen LogP) is 3.25. The monoisotopic (exact) mass is 479 g/mol. The average molecular weight is 480 g/mol. The highest BCUT2D eigenvalue weighted by Gasteiger charge is 2.51. The average Bonchev–Trinajstić information content (AvgIpc) is 3.22. The molecule has 174 valence electrons. The highest BCUT2D eigenvalue weighted by molar-refractivity contribution is 7.89. The minimum atomic E-state index is -3.82. The minimum absolute atomic E-state index is 0.0842. The van der Waals surface area contributed by atoms with Gasteiger partial charge in [-0.1, -0.05) is 11.6 Å². The summed E-state index contributed by atoms with van der Waals surface area (Å²) in [5, 5.41) is 0.446. The number of amides is 2. The maximum absolute atomic E-state index is 13.0. The van der Waals surface area contributed by atoms with E-state index in [4.69, 9.17) is 11.6 Å². The first-order chi connectivity index (χ1) is 15.2. The number of nitrogens with one attached hydrogen (secondary N) is 2. The fraction of sp³-hybridized carbons (Fsp3) is 0.652. The molecule has 0 radical (unpaired) electrons. The summed E-state index contributed by atoms with van der Waals surface area (Å²) in [6.07, 6.45) is 8.76. The number of nitrogens with zero attached hydrogens (tertiary/aromatic N) is 1. The molecule has 0 spiro atoms. The molecule has 0 aromatic heterocycles. The summed E-state index contributed by atoms with van der Waals surface area (Å²) < 4.78 is 27.3. The van der Waals surface area contributed by atoms with Crippen LogP contribution in [0.3, 0.4) is 0 Å². The van der Waals surface area contributed by atoms with E-state index in [2.05, 4.69) is 10.9 Å². The van der Waals surface area contributed by atoms with Crippen LogP contribution in [0.1, 0.15) is 57.8 Å². The van der Waals surface area contributed by atoms with Crippen molar-refractivity contribution in [1.29, 1.82) is 0 Å². The first kappa shape index (κ1) is 22.2. The van der Waals surface area contributed by atoms with Crippen LogP contribution in [-0.2, 0) is 19.6 Å². The van der Waals surface area contributed by atoms with Crippen molar-refractivity contribution in [2.75, 3.05) is 6.54 Å². The summed E-state index contributed by atoms with van der Waals surface area (Å²) >= 11 is 5.87. The fourth-order valence-electron chi connectivity index (χ4n) is 7.14. The summed E-state index contributed by atoms with van der Waals surface area (Å²) in [6, 6.07) is 5.08. The van der Waals surface area contributed by atoms with Gasteiger partial charge in [0.1, 0.15) is 6.04 Å². The van der Waals surface area contributed by atoms with Crippen LogP contribution in [0, 0.1) is 23.2 Å². The molecule has 7 nitrogen and oxygen atoms in total. The third-order valence-electron chi connectivity index (χ3n) is 7.95. The van der Waals surface area contributed by atoms with Crippen LogP contribution in [0.25, 0.3) is 0 Å². The summed E-state index contributed by atoms with van der Waals surface area (Å²) in [7, 11) is -3.82. The van der Waals surface area contributed by atoms with Crippen molar-refractivity contribution < 1.29 is 18.0 Å². The van der Waals surface area contributed by atoms with Gasteiger partial charge in [-0.25, -0.2) is 8.42 Å². The minimum Gasteiger partial charge on any atom is -0.273 e. The lowest BCUT2D eigenvalue weighted by Crippen LogP contribution is -2.53. The normalized spacial score (nSPS) is 33.9. The van der Waals surface area contributed by atoms with Gasteiger partial charge in [0.05, 0.1) is 4.90 Å². The van der Waals surface area contributed by atoms with Crippen LogP contribution < -0.4 is 10.9 Å². The standard InChI is InChI=1S/C23H30ClN3O4S/c24-18-3-5-19(6-4-18)32(30,31)27-7-1-2-20(27)22(29)26-25-21(28)14-23-11-15-8-16(12-23)10-17(9-15)13-23/h3-6,15-17,20H,1-2,7-14H2,(H,25,28)(H,26,29)/t15?,16?,17?,20-,23?/m0/s1. The Morgan fingerprint density at radius 1 is 1.00 bits per heavy atom. The number of hydrazine groups is 1. The van der Waals surface area contributed by atoms with Gasteiger partial charge < -0.3 is 0 Å². The van der Waals surface area contributed by atoms with Crippen molar-refractivity contribution in [1.82, 2.24) is 15.2 Å². The second-order valence-electron chi connectivity index (χ2n) is 10.4. The Hall–Kier alpha value is -1.64. The Morgan fingerprint density at radius 3 is 2.19 bits per heavy atom. The summed E-state index contributed by atoms with van der Waals surface area (Å²) in [5.41, 5.74) is 5.16. The molecule has 6 rings (SSSR count). The largest absolute Gasteiger partial charge is 0.273 e. The van der Waals surface area contributed by atoms with E-state index in [9.17, 15) is 18.0 Å². The molecule has 1 saturated heterocycles. The lowest BCUT2D eigenvalue weighted by Gasteiger charge is -2.56. The quantitative estimate of drug-likeness (QED) is 0.633. The molecule has 4 aliphatic carbocycles. The van der Waals surface area contributed by atoms with Crippen molar-refractivity contribution in [3.05, 3.63) is 29.3 Å². The van der Waals surface area contributed by atoms with Gasteiger partial charge in [0.25, 0.3) is 5.91 Å². The van der Waals surface area contributed by atoms with Crippen LogP contribution >= 0.6 is 11.6 Å². The highest BCUT2D eigenvalue weighted by atomic mass is 35.5. The van der Waals surface area contributed by atoms with Crippen LogP contribution in [0.15, 0.2) is 29.2 Å². The Kier molecular flexibility index (Phi) is 5.75. The van der Waals surface area contributed by atoms with E-state index in [1.54, 1.807) is 0 Å². The lowest BCUT2D eigenvalue weighted by atomic mass is 9.49. The zero-order chi connectivity index (χ0) is 22.5. The van der Waals surface area contributed by atoms with Crippen LogP contribution in [-0.4, -0.2) is 37.1 Å². The van der Waals surface area contributed by atoms with E-state index in [0.717, 1.165) is 37.0 Å². The molecule has 2 amide bonds. The van der Waals surface area contributed by atoms with Gasteiger partial charge in [-0.3, -0.25) is 20.4 Å². The van der Waals surface area contributed by atoms with Gasteiger partial charge in [-0.05, 0) is 98.8 Å². The first-order valence-corrected chi connectivity index (χ1v) is 13.4. The molecule has 2 N–H and O–H groups in total. The maximum Gasteiger partial charge on any atom is 0.256 e. The summed E-state index contributed by atoms with van der Waals surface area (Å²) in [6.45, 7) is 0.268. The van der Waals surface area contributed by atoms with Crippen molar-refractivity contribution in [2.24, 2.45) is 23.2 Å². The fourth-order valence-corrected chi connectivity index (χ4v) is 8.92. The van der Waals surface area contributed by atoms with Crippen LogP contribution in [0.5, 0.6) is 0 Å². The Balaban J connectivity index is 1.19. The molecule has 1 aromatic carbocycles.